The summed E-state index contributed by atoms with van der Waals surface area (Å²) in [5.74, 6) is -0.850. The van der Waals surface area contributed by atoms with Gasteiger partial charge in [-0.25, -0.2) is 0 Å². The van der Waals surface area contributed by atoms with Crippen LogP contribution in [0.2, 0.25) is 0 Å². The van der Waals surface area contributed by atoms with E-state index in [0.717, 1.165) is 38.8 Å². The maximum Gasteiger partial charge on any atom is 0.232 e. The topological polar surface area (TPSA) is 96.1 Å². The van der Waals surface area contributed by atoms with Crippen molar-refractivity contribution in [3.8, 4) is 0 Å². The molecule has 3 saturated heterocycles. The summed E-state index contributed by atoms with van der Waals surface area (Å²) < 4.78 is 5.36. The molecular weight excluding hydrogens is 286 g/mol. The predicted molar refractivity (Wildman–Crippen MR) is 78.9 cm³/mol. The Kier molecular flexibility index (Phi) is 4.38. The highest BCUT2D eigenvalue weighted by Crippen LogP contribution is 2.43. The summed E-state index contributed by atoms with van der Waals surface area (Å²) in [5, 5.41) is 11.0. The SMILES string of the molecule is NC(=O)CC(=O)N1C2CCC(O)(CC2)C1CN1CCOCC1. The molecule has 0 aromatic heterocycles. The third kappa shape index (κ3) is 2.98. The number of carbonyl (C=O) groups excluding carboxylic acids is 2. The highest BCUT2D eigenvalue weighted by molar-refractivity contribution is 5.96. The van der Waals surface area contributed by atoms with Crippen molar-refractivity contribution < 1.29 is 19.4 Å². The van der Waals surface area contributed by atoms with E-state index in [0.29, 0.717) is 19.8 Å². The average Bonchev–Trinajstić information content (AvgIpc) is 2.48. The lowest BCUT2D eigenvalue weighted by molar-refractivity contribution is -0.175. The van der Waals surface area contributed by atoms with Gasteiger partial charge in [-0.1, -0.05) is 0 Å². The molecule has 3 heterocycles. The van der Waals surface area contributed by atoms with Gasteiger partial charge in [-0.3, -0.25) is 14.5 Å². The minimum absolute atomic E-state index is 0.131. The first-order valence-electron chi connectivity index (χ1n) is 8.11. The quantitative estimate of drug-likeness (QED) is 0.655. The summed E-state index contributed by atoms with van der Waals surface area (Å²) in [5.41, 5.74) is 4.35. The van der Waals surface area contributed by atoms with Crippen molar-refractivity contribution in [2.75, 3.05) is 32.8 Å². The van der Waals surface area contributed by atoms with Crippen molar-refractivity contribution >= 4 is 11.8 Å². The fourth-order valence-electron chi connectivity index (χ4n) is 4.13. The number of ether oxygens (including phenoxy) is 1. The first-order chi connectivity index (χ1) is 10.5. The van der Waals surface area contributed by atoms with Crippen LogP contribution in [0.25, 0.3) is 0 Å². The maximum absolute atomic E-state index is 12.5. The number of primary amides is 1. The molecule has 124 valence electrons. The van der Waals surface area contributed by atoms with E-state index in [1.54, 1.807) is 4.90 Å². The van der Waals surface area contributed by atoms with E-state index < -0.39 is 11.5 Å². The van der Waals surface area contributed by atoms with Gasteiger partial charge < -0.3 is 20.5 Å². The van der Waals surface area contributed by atoms with Gasteiger partial charge in [-0.2, -0.15) is 0 Å². The summed E-state index contributed by atoms with van der Waals surface area (Å²) in [7, 11) is 0. The van der Waals surface area contributed by atoms with Crippen molar-refractivity contribution in [1.82, 2.24) is 9.80 Å². The molecular formula is C15H25N3O4. The van der Waals surface area contributed by atoms with E-state index in [-0.39, 0.29) is 24.4 Å². The van der Waals surface area contributed by atoms with Gasteiger partial charge >= 0.3 is 0 Å². The molecule has 2 bridgehead atoms. The van der Waals surface area contributed by atoms with Crippen molar-refractivity contribution in [1.29, 1.82) is 0 Å². The summed E-state index contributed by atoms with van der Waals surface area (Å²) in [6.07, 6.45) is 2.80. The molecule has 4 rings (SSSR count). The number of carbonyl (C=O) groups is 2. The molecule has 1 aliphatic carbocycles. The average molecular weight is 311 g/mol. The Labute approximate surface area is 130 Å². The van der Waals surface area contributed by atoms with Gasteiger partial charge in [0.1, 0.15) is 6.42 Å². The number of morpholine rings is 1. The third-order valence-corrected chi connectivity index (χ3v) is 5.32. The Balaban J connectivity index is 1.77. The molecule has 1 unspecified atom stereocenters. The van der Waals surface area contributed by atoms with Gasteiger partial charge in [-0.05, 0) is 25.7 Å². The van der Waals surface area contributed by atoms with Crippen LogP contribution in [0.1, 0.15) is 32.1 Å². The zero-order valence-electron chi connectivity index (χ0n) is 12.9. The number of piperidine rings is 2. The molecule has 7 heteroatoms. The zero-order chi connectivity index (χ0) is 15.7. The molecule has 22 heavy (non-hydrogen) atoms. The van der Waals surface area contributed by atoms with Crippen LogP contribution in [0.15, 0.2) is 0 Å². The summed E-state index contributed by atoms with van der Waals surface area (Å²) in [4.78, 5) is 27.6. The first kappa shape index (κ1) is 15.7. The molecule has 1 atom stereocenters. The number of aliphatic hydroxyl groups is 1. The monoisotopic (exact) mass is 311 g/mol. The summed E-state index contributed by atoms with van der Waals surface area (Å²) in [6, 6.07) is -0.114. The number of hydrogen-bond acceptors (Lipinski definition) is 5. The van der Waals surface area contributed by atoms with Crippen LogP contribution in [0.3, 0.4) is 0 Å². The smallest absolute Gasteiger partial charge is 0.232 e. The van der Waals surface area contributed by atoms with Crippen molar-refractivity contribution in [3.05, 3.63) is 0 Å². The van der Waals surface area contributed by atoms with Gasteiger partial charge in [-0.15, -0.1) is 0 Å². The molecule has 7 nitrogen and oxygen atoms in total. The van der Waals surface area contributed by atoms with E-state index in [2.05, 4.69) is 4.90 Å². The summed E-state index contributed by atoms with van der Waals surface area (Å²) >= 11 is 0. The minimum Gasteiger partial charge on any atom is -0.388 e. The number of nitrogens with zero attached hydrogens (tertiary/aromatic N) is 2. The molecule has 0 aromatic carbocycles. The van der Waals surface area contributed by atoms with Crippen LogP contribution in [0.5, 0.6) is 0 Å². The van der Waals surface area contributed by atoms with Crippen molar-refractivity contribution in [2.45, 2.75) is 49.8 Å². The van der Waals surface area contributed by atoms with Gasteiger partial charge in [0.2, 0.25) is 11.8 Å². The molecule has 4 fully saturated rings. The lowest BCUT2D eigenvalue weighted by Gasteiger charge is -2.57. The van der Waals surface area contributed by atoms with E-state index in [1.165, 1.54) is 0 Å². The van der Waals surface area contributed by atoms with Crippen molar-refractivity contribution in [2.24, 2.45) is 5.73 Å². The Morgan fingerprint density at radius 2 is 1.86 bits per heavy atom. The van der Waals surface area contributed by atoms with Crippen LogP contribution >= 0.6 is 0 Å². The molecule has 1 saturated carbocycles. The molecule has 3 aliphatic heterocycles. The van der Waals surface area contributed by atoms with Crippen LogP contribution in [-0.2, 0) is 14.3 Å². The standard InChI is InChI=1S/C15H25N3O4/c16-13(19)9-14(20)18-11-1-3-15(21,4-2-11)12(18)10-17-5-7-22-8-6-17/h11-12,21H,1-10H2,(H2,16,19). The zero-order valence-corrected chi connectivity index (χ0v) is 12.9. The van der Waals surface area contributed by atoms with Crippen LogP contribution < -0.4 is 5.73 Å². The Hall–Kier alpha value is -1.18. The van der Waals surface area contributed by atoms with Crippen LogP contribution in [0.4, 0.5) is 0 Å². The highest BCUT2D eigenvalue weighted by Gasteiger charge is 2.53. The fraction of sp³-hybridized carbons (Fsp3) is 0.867. The van der Waals surface area contributed by atoms with Gasteiger partial charge in [0.25, 0.3) is 0 Å². The van der Waals surface area contributed by atoms with Gasteiger partial charge in [0, 0.05) is 25.7 Å². The fourth-order valence-corrected chi connectivity index (χ4v) is 4.13. The molecule has 2 amide bonds. The van der Waals surface area contributed by atoms with Gasteiger partial charge in [0.15, 0.2) is 0 Å². The Morgan fingerprint density at radius 1 is 1.23 bits per heavy atom. The molecule has 0 spiro atoms. The highest BCUT2D eigenvalue weighted by atomic mass is 16.5. The molecule has 3 N–H and O–H groups in total. The number of hydrogen-bond donors (Lipinski definition) is 2. The number of rotatable bonds is 4. The van der Waals surface area contributed by atoms with Crippen LogP contribution in [0, 0.1) is 0 Å². The lowest BCUT2D eigenvalue weighted by Crippen LogP contribution is -2.69. The van der Waals surface area contributed by atoms with E-state index >= 15 is 0 Å². The van der Waals surface area contributed by atoms with Crippen molar-refractivity contribution in [3.63, 3.8) is 0 Å². The maximum atomic E-state index is 12.5. The summed E-state index contributed by atoms with van der Waals surface area (Å²) in [6.45, 7) is 3.64. The second-order valence-corrected chi connectivity index (χ2v) is 6.71. The number of nitrogens with two attached hydrogens (primary N) is 1. The Bertz CT molecular complexity index is 442. The second kappa shape index (κ2) is 6.14. The number of fused-ring (bicyclic) bond motifs is 3. The van der Waals surface area contributed by atoms with E-state index in [9.17, 15) is 14.7 Å². The number of amides is 2. The lowest BCUT2D eigenvalue weighted by atomic mass is 9.70. The minimum atomic E-state index is -0.833. The largest absolute Gasteiger partial charge is 0.388 e. The molecule has 0 aromatic rings. The van der Waals surface area contributed by atoms with E-state index in [4.69, 9.17) is 10.5 Å². The molecule has 4 aliphatic rings. The van der Waals surface area contributed by atoms with Gasteiger partial charge in [0.05, 0.1) is 24.9 Å². The molecule has 0 radical (unpaired) electrons. The first-order valence-corrected chi connectivity index (χ1v) is 8.11. The normalized spacial score (nSPS) is 35.6. The van der Waals surface area contributed by atoms with E-state index in [1.807, 2.05) is 0 Å². The predicted octanol–water partition coefficient (Wildman–Crippen LogP) is -0.921. The second-order valence-electron chi connectivity index (χ2n) is 6.71. The van der Waals surface area contributed by atoms with Crippen LogP contribution in [-0.4, -0.2) is 77.3 Å². The third-order valence-electron chi connectivity index (χ3n) is 5.32. The Morgan fingerprint density at radius 3 is 2.45 bits per heavy atom.